The first-order valence-electron chi connectivity index (χ1n) is 7.86. The fourth-order valence-electron chi connectivity index (χ4n) is 2.84. The van der Waals surface area contributed by atoms with Gasteiger partial charge >= 0.3 is 6.09 Å². The molecule has 4 rings (SSSR count). The molecule has 0 atom stereocenters. The number of nitrogen functional groups attached to an aromatic ring is 1. The van der Waals surface area contributed by atoms with E-state index in [2.05, 4.69) is 15.1 Å². The number of aromatic nitrogens is 4. The second-order valence-electron chi connectivity index (χ2n) is 5.82. The Kier molecular flexibility index (Phi) is 3.92. The quantitative estimate of drug-likeness (QED) is 0.668. The van der Waals surface area contributed by atoms with E-state index >= 15 is 0 Å². The van der Waals surface area contributed by atoms with Crippen molar-refractivity contribution < 1.29 is 9.90 Å². The second kappa shape index (κ2) is 6.26. The summed E-state index contributed by atoms with van der Waals surface area (Å²) < 4.78 is 1.61. The monoisotopic (exact) mass is 373 g/mol. The molecule has 0 unspecified atom stereocenters. The molecule has 134 valence electrons. The largest absolute Gasteiger partial charge is 0.465 e. The molecule has 1 aliphatic rings. The van der Waals surface area contributed by atoms with E-state index in [-0.39, 0.29) is 5.56 Å². The number of piperazine rings is 1. The maximum Gasteiger partial charge on any atom is 0.407 e. The Labute approximate surface area is 151 Å². The number of nitrogens with zero attached hydrogens (tertiary/aromatic N) is 6. The van der Waals surface area contributed by atoms with Crippen LogP contribution in [0.4, 0.5) is 16.3 Å². The van der Waals surface area contributed by atoms with Gasteiger partial charge in [0.15, 0.2) is 0 Å². The average Bonchev–Trinajstić information content (AvgIpc) is 3.05. The SMILES string of the molecule is Nc1cncc(-c2nn3c(N4CCN(C(=O)O)CC4)cc(=O)nc3s2)c1. The van der Waals surface area contributed by atoms with Gasteiger partial charge in [-0.3, -0.25) is 9.78 Å². The molecule has 3 aromatic rings. The molecule has 10 nitrogen and oxygen atoms in total. The highest BCUT2D eigenvalue weighted by Crippen LogP contribution is 2.27. The van der Waals surface area contributed by atoms with Crippen LogP contribution < -0.4 is 16.2 Å². The molecule has 26 heavy (non-hydrogen) atoms. The molecule has 1 aliphatic heterocycles. The molecule has 0 radical (unpaired) electrons. The Morgan fingerprint density at radius 3 is 2.65 bits per heavy atom. The Hall–Kier alpha value is -3.21. The highest BCUT2D eigenvalue weighted by molar-refractivity contribution is 7.19. The lowest BCUT2D eigenvalue weighted by Crippen LogP contribution is -2.49. The summed E-state index contributed by atoms with van der Waals surface area (Å²) in [7, 11) is 0. The van der Waals surface area contributed by atoms with E-state index in [1.54, 1.807) is 23.0 Å². The molecule has 4 heterocycles. The summed E-state index contributed by atoms with van der Waals surface area (Å²) in [5.41, 5.74) is 6.69. The number of pyridine rings is 1. The van der Waals surface area contributed by atoms with E-state index in [4.69, 9.17) is 10.8 Å². The van der Waals surface area contributed by atoms with Crippen molar-refractivity contribution in [2.45, 2.75) is 0 Å². The zero-order chi connectivity index (χ0) is 18.3. The molecule has 0 bridgehead atoms. The van der Waals surface area contributed by atoms with Crippen LogP contribution >= 0.6 is 11.3 Å². The molecule has 11 heteroatoms. The molecule has 0 aromatic carbocycles. The maximum absolute atomic E-state index is 12.0. The van der Waals surface area contributed by atoms with Crippen LogP contribution in [0.5, 0.6) is 0 Å². The summed E-state index contributed by atoms with van der Waals surface area (Å²) >= 11 is 1.27. The van der Waals surface area contributed by atoms with Crippen molar-refractivity contribution >= 4 is 33.9 Å². The van der Waals surface area contributed by atoms with Crippen LogP contribution in [0.1, 0.15) is 0 Å². The van der Waals surface area contributed by atoms with E-state index in [1.807, 2.05) is 4.90 Å². The third kappa shape index (κ3) is 2.92. The Balaban J connectivity index is 1.74. The van der Waals surface area contributed by atoms with Crippen LogP contribution in [-0.2, 0) is 0 Å². The fourth-order valence-corrected chi connectivity index (χ4v) is 3.73. The minimum absolute atomic E-state index is 0.360. The molecule has 1 amide bonds. The van der Waals surface area contributed by atoms with Crippen molar-refractivity contribution in [1.82, 2.24) is 24.5 Å². The van der Waals surface area contributed by atoms with Crippen LogP contribution in [0.2, 0.25) is 0 Å². The highest BCUT2D eigenvalue weighted by Gasteiger charge is 2.23. The van der Waals surface area contributed by atoms with Gasteiger partial charge in [0.25, 0.3) is 5.56 Å². The van der Waals surface area contributed by atoms with E-state index in [1.165, 1.54) is 22.3 Å². The molecule has 3 N–H and O–H groups in total. The van der Waals surface area contributed by atoms with Crippen LogP contribution in [0, 0.1) is 0 Å². The number of amides is 1. The van der Waals surface area contributed by atoms with Crippen molar-refractivity contribution in [3.8, 4) is 10.6 Å². The smallest absolute Gasteiger partial charge is 0.407 e. The first-order chi connectivity index (χ1) is 12.5. The average molecular weight is 373 g/mol. The normalized spacial score (nSPS) is 14.8. The number of fused-ring (bicyclic) bond motifs is 1. The van der Waals surface area contributed by atoms with Crippen molar-refractivity contribution in [2.24, 2.45) is 0 Å². The number of anilines is 2. The van der Waals surface area contributed by atoms with Gasteiger partial charge in [-0.2, -0.15) is 14.6 Å². The molecule has 1 saturated heterocycles. The van der Waals surface area contributed by atoms with Crippen LogP contribution in [0.15, 0.2) is 29.3 Å². The lowest BCUT2D eigenvalue weighted by Gasteiger charge is -2.34. The zero-order valence-electron chi connectivity index (χ0n) is 13.6. The number of carbonyl (C=O) groups is 1. The van der Waals surface area contributed by atoms with Crippen LogP contribution in [0.25, 0.3) is 15.5 Å². The van der Waals surface area contributed by atoms with Crippen molar-refractivity contribution in [3.63, 3.8) is 0 Å². The van der Waals surface area contributed by atoms with Gasteiger partial charge in [-0.05, 0) is 6.07 Å². The first-order valence-corrected chi connectivity index (χ1v) is 8.67. The number of rotatable bonds is 2. The summed E-state index contributed by atoms with van der Waals surface area (Å²) in [6, 6.07) is 3.18. The first kappa shape index (κ1) is 16.3. The third-order valence-corrected chi connectivity index (χ3v) is 5.07. The Bertz CT molecular complexity index is 1040. The van der Waals surface area contributed by atoms with Crippen molar-refractivity contribution in [3.05, 3.63) is 34.9 Å². The summed E-state index contributed by atoms with van der Waals surface area (Å²) in [6.45, 7) is 1.68. The van der Waals surface area contributed by atoms with Gasteiger partial charge in [-0.25, -0.2) is 4.79 Å². The molecule has 3 aromatic heterocycles. The standard InChI is InChI=1S/C15H15N7O3S/c16-10-5-9(7-17-8-10)13-19-22-12(6-11(23)18-14(22)26-13)20-1-3-21(4-2-20)15(24)25/h5-8H,1-4,16H2,(H,24,25). The summed E-state index contributed by atoms with van der Waals surface area (Å²) in [5.74, 6) is 0.601. The van der Waals surface area contributed by atoms with E-state index in [0.717, 1.165) is 5.56 Å². The number of nitrogens with two attached hydrogens (primary N) is 1. The summed E-state index contributed by atoms with van der Waals surface area (Å²) in [6.07, 6.45) is 2.26. The molecule has 0 spiro atoms. The predicted molar refractivity (Wildman–Crippen MR) is 96.6 cm³/mol. The molecule has 0 aliphatic carbocycles. The van der Waals surface area contributed by atoms with E-state index < -0.39 is 6.09 Å². The van der Waals surface area contributed by atoms with Gasteiger partial charge in [0.1, 0.15) is 10.8 Å². The summed E-state index contributed by atoms with van der Waals surface area (Å²) in [4.78, 5) is 34.9. The Morgan fingerprint density at radius 1 is 1.19 bits per heavy atom. The van der Waals surface area contributed by atoms with Gasteiger partial charge in [0.05, 0.1) is 5.69 Å². The lowest BCUT2D eigenvalue weighted by atomic mass is 10.3. The van der Waals surface area contributed by atoms with Crippen LogP contribution in [-0.4, -0.2) is 61.9 Å². The number of hydrogen-bond acceptors (Lipinski definition) is 8. The topological polar surface area (TPSA) is 130 Å². The highest BCUT2D eigenvalue weighted by atomic mass is 32.1. The molecule has 0 saturated carbocycles. The van der Waals surface area contributed by atoms with Gasteiger partial charge < -0.3 is 20.6 Å². The summed E-state index contributed by atoms with van der Waals surface area (Å²) in [5, 5.41) is 14.3. The minimum Gasteiger partial charge on any atom is -0.465 e. The second-order valence-corrected chi connectivity index (χ2v) is 6.77. The van der Waals surface area contributed by atoms with Crippen LogP contribution in [0.3, 0.4) is 0 Å². The van der Waals surface area contributed by atoms with Crippen molar-refractivity contribution in [1.29, 1.82) is 0 Å². The molecular formula is C15H15N7O3S. The Morgan fingerprint density at radius 2 is 1.96 bits per heavy atom. The zero-order valence-corrected chi connectivity index (χ0v) is 14.4. The van der Waals surface area contributed by atoms with E-state index in [9.17, 15) is 9.59 Å². The fraction of sp³-hybridized carbons (Fsp3) is 0.267. The molecular weight excluding hydrogens is 358 g/mol. The molecule has 1 fully saturated rings. The predicted octanol–water partition coefficient (Wildman–Crippen LogP) is 0.595. The van der Waals surface area contributed by atoms with Gasteiger partial charge in [0, 0.05) is 50.2 Å². The minimum atomic E-state index is -0.938. The van der Waals surface area contributed by atoms with Crippen molar-refractivity contribution in [2.75, 3.05) is 36.8 Å². The van der Waals surface area contributed by atoms with E-state index in [0.29, 0.717) is 47.7 Å². The van der Waals surface area contributed by atoms with Gasteiger partial charge in [0.2, 0.25) is 4.96 Å². The van der Waals surface area contributed by atoms with Gasteiger partial charge in [-0.1, -0.05) is 11.3 Å². The van der Waals surface area contributed by atoms with Gasteiger partial charge in [-0.15, -0.1) is 0 Å². The lowest BCUT2D eigenvalue weighted by molar-refractivity contribution is 0.142. The maximum atomic E-state index is 12.0. The number of carboxylic acid groups (broad SMARTS) is 1. The number of hydrogen-bond donors (Lipinski definition) is 2. The third-order valence-electron chi connectivity index (χ3n) is 4.12.